The third-order valence-electron chi connectivity index (χ3n) is 4.62. The second-order valence-electron chi connectivity index (χ2n) is 6.49. The minimum atomic E-state index is -0.0576. The van der Waals surface area contributed by atoms with E-state index in [-0.39, 0.29) is 30.5 Å². The molecular formula is C20H25ClN2O2. The van der Waals surface area contributed by atoms with E-state index in [0.29, 0.717) is 25.3 Å². The lowest BCUT2D eigenvalue weighted by molar-refractivity contribution is -0.143. The van der Waals surface area contributed by atoms with E-state index in [4.69, 9.17) is 10.5 Å². The van der Waals surface area contributed by atoms with E-state index in [1.807, 2.05) is 48.2 Å². The summed E-state index contributed by atoms with van der Waals surface area (Å²) >= 11 is 0. The number of hydrogen-bond acceptors (Lipinski definition) is 3. The van der Waals surface area contributed by atoms with Gasteiger partial charge < -0.3 is 15.4 Å². The number of morpholine rings is 1. The van der Waals surface area contributed by atoms with Crippen molar-refractivity contribution in [1.29, 1.82) is 0 Å². The van der Waals surface area contributed by atoms with Gasteiger partial charge in [0.2, 0.25) is 5.91 Å². The molecule has 1 fully saturated rings. The Morgan fingerprint density at radius 3 is 2.56 bits per heavy atom. The number of rotatable bonds is 3. The van der Waals surface area contributed by atoms with Gasteiger partial charge in [-0.1, -0.05) is 36.4 Å². The van der Waals surface area contributed by atoms with Crippen LogP contribution >= 0.6 is 12.4 Å². The molecule has 4 nitrogen and oxygen atoms in total. The average molecular weight is 361 g/mol. The van der Waals surface area contributed by atoms with Gasteiger partial charge in [0.15, 0.2) is 0 Å². The van der Waals surface area contributed by atoms with Crippen molar-refractivity contribution in [2.75, 3.05) is 18.9 Å². The molecule has 2 unspecified atom stereocenters. The maximum absolute atomic E-state index is 12.8. The first-order chi connectivity index (χ1) is 11.5. The monoisotopic (exact) mass is 360 g/mol. The number of carbonyl (C=O) groups excluding carboxylic acids is 1. The highest BCUT2D eigenvalue weighted by Gasteiger charge is 2.30. The number of benzene rings is 2. The summed E-state index contributed by atoms with van der Waals surface area (Å²) < 4.78 is 5.99. The summed E-state index contributed by atoms with van der Waals surface area (Å²) in [5, 5.41) is 0. The predicted octanol–water partition coefficient (Wildman–Crippen LogP) is 3.53. The first-order valence-electron chi connectivity index (χ1n) is 8.35. The van der Waals surface area contributed by atoms with Crippen LogP contribution in [0.15, 0.2) is 48.5 Å². The van der Waals surface area contributed by atoms with Crippen molar-refractivity contribution < 1.29 is 9.53 Å². The molecule has 25 heavy (non-hydrogen) atoms. The van der Waals surface area contributed by atoms with Gasteiger partial charge in [0, 0.05) is 5.69 Å². The number of hydrogen-bond donors (Lipinski definition) is 1. The van der Waals surface area contributed by atoms with Crippen molar-refractivity contribution in [3.8, 4) is 0 Å². The highest BCUT2D eigenvalue weighted by molar-refractivity contribution is 5.85. The molecule has 134 valence electrons. The number of carbonyl (C=O) groups is 1. The molecule has 1 aliphatic heterocycles. The van der Waals surface area contributed by atoms with Crippen molar-refractivity contribution >= 4 is 24.0 Å². The summed E-state index contributed by atoms with van der Waals surface area (Å²) in [6.07, 6.45) is 0.336. The second-order valence-corrected chi connectivity index (χ2v) is 6.49. The van der Waals surface area contributed by atoms with Crippen molar-refractivity contribution in [3.63, 3.8) is 0 Å². The van der Waals surface area contributed by atoms with Crippen LogP contribution < -0.4 is 5.73 Å². The molecule has 1 heterocycles. The molecule has 2 aromatic carbocycles. The van der Waals surface area contributed by atoms with Gasteiger partial charge in [-0.3, -0.25) is 4.79 Å². The van der Waals surface area contributed by atoms with Crippen LogP contribution in [0.25, 0.3) is 0 Å². The number of aryl methyl sites for hydroxylation is 1. The Balaban J connectivity index is 0.00000225. The van der Waals surface area contributed by atoms with Crippen LogP contribution in [0.2, 0.25) is 0 Å². The van der Waals surface area contributed by atoms with Crippen molar-refractivity contribution in [2.24, 2.45) is 0 Å². The summed E-state index contributed by atoms with van der Waals surface area (Å²) in [6.45, 7) is 5.28. The molecule has 0 aliphatic carbocycles. The molecule has 1 saturated heterocycles. The third kappa shape index (κ3) is 4.53. The van der Waals surface area contributed by atoms with Crippen molar-refractivity contribution in [1.82, 2.24) is 4.90 Å². The van der Waals surface area contributed by atoms with Gasteiger partial charge in [0.1, 0.15) is 6.10 Å². The van der Waals surface area contributed by atoms with Gasteiger partial charge in [0.05, 0.1) is 25.6 Å². The lowest BCUT2D eigenvalue weighted by Gasteiger charge is -2.38. The summed E-state index contributed by atoms with van der Waals surface area (Å²) in [5.74, 6) is 0.133. The van der Waals surface area contributed by atoms with E-state index in [1.165, 1.54) is 5.56 Å². The quantitative estimate of drug-likeness (QED) is 0.852. The zero-order chi connectivity index (χ0) is 17.1. The van der Waals surface area contributed by atoms with E-state index in [9.17, 15) is 4.79 Å². The molecule has 0 radical (unpaired) electrons. The number of ether oxygens (including phenoxy) is 1. The Kier molecular flexibility index (Phi) is 6.45. The minimum Gasteiger partial charge on any atom is -0.399 e. The Morgan fingerprint density at radius 2 is 1.88 bits per heavy atom. The topological polar surface area (TPSA) is 55.6 Å². The molecule has 0 saturated carbocycles. The van der Waals surface area contributed by atoms with Gasteiger partial charge in [-0.2, -0.15) is 0 Å². The lowest BCUT2D eigenvalue weighted by atomic mass is 10.0. The van der Waals surface area contributed by atoms with Gasteiger partial charge >= 0.3 is 0 Å². The number of anilines is 1. The summed E-state index contributed by atoms with van der Waals surface area (Å²) in [4.78, 5) is 14.7. The number of amides is 1. The fourth-order valence-corrected chi connectivity index (χ4v) is 3.15. The Labute approximate surface area is 155 Å². The van der Waals surface area contributed by atoms with Crippen LogP contribution in [0, 0.1) is 6.92 Å². The Bertz CT molecular complexity index is 718. The summed E-state index contributed by atoms with van der Waals surface area (Å²) in [6, 6.07) is 15.8. The molecule has 0 bridgehead atoms. The van der Waals surface area contributed by atoms with E-state index < -0.39 is 0 Å². The van der Waals surface area contributed by atoms with Gasteiger partial charge in [-0.05, 0) is 42.7 Å². The number of nitrogens with zero attached hydrogens (tertiary/aromatic N) is 1. The smallest absolute Gasteiger partial charge is 0.227 e. The maximum Gasteiger partial charge on any atom is 0.227 e. The number of nitrogens with two attached hydrogens (primary N) is 1. The third-order valence-corrected chi connectivity index (χ3v) is 4.62. The van der Waals surface area contributed by atoms with Gasteiger partial charge in [-0.25, -0.2) is 0 Å². The van der Waals surface area contributed by atoms with Crippen molar-refractivity contribution in [2.45, 2.75) is 32.4 Å². The van der Waals surface area contributed by atoms with E-state index in [2.05, 4.69) is 19.1 Å². The number of halogens is 1. The first-order valence-corrected chi connectivity index (χ1v) is 8.35. The molecular weight excluding hydrogens is 336 g/mol. The van der Waals surface area contributed by atoms with Gasteiger partial charge in [-0.15, -0.1) is 12.4 Å². The second kappa shape index (κ2) is 8.37. The van der Waals surface area contributed by atoms with Crippen LogP contribution in [-0.4, -0.2) is 30.0 Å². The Morgan fingerprint density at radius 1 is 1.20 bits per heavy atom. The first kappa shape index (κ1) is 19.3. The zero-order valence-corrected chi connectivity index (χ0v) is 15.5. The highest BCUT2D eigenvalue weighted by atomic mass is 35.5. The Hall–Kier alpha value is -2.04. The van der Waals surface area contributed by atoms with Crippen LogP contribution in [0.1, 0.15) is 29.7 Å². The highest BCUT2D eigenvalue weighted by Crippen LogP contribution is 2.27. The number of nitrogen functional groups attached to an aromatic ring is 1. The maximum atomic E-state index is 12.8. The molecule has 0 spiro atoms. The van der Waals surface area contributed by atoms with Crippen molar-refractivity contribution in [3.05, 3.63) is 65.2 Å². The molecule has 0 aromatic heterocycles. The summed E-state index contributed by atoms with van der Waals surface area (Å²) in [5.41, 5.74) is 9.77. The van der Waals surface area contributed by atoms with E-state index in [0.717, 1.165) is 11.1 Å². The van der Waals surface area contributed by atoms with Crippen LogP contribution in [0.5, 0.6) is 0 Å². The molecule has 3 rings (SSSR count). The molecule has 1 amide bonds. The van der Waals surface area contributed by atoms with E-state index >= 15 is 0 Å². The minimum absolute atomic E-state index is 0. The zero-order valence-electron chi connectivity index (χ0n) is 14.6. The predicted molar refractivity (Wildman–Crippen MR) is 103 cm³/mol. The standard InChI is InChI=1S/C20H24N2O2.ClH/c1-14-5-3-4-6-18(14)19-12-22(15(2)13-24-19)20(23)11-16-7-9-17(21)10-8-16;/h3-10,15,19H,11-13,21H2,1-2H3;1H. The lowest BCUT2D eigenvalue weighted by Crippen LogP contribution is -2.48. The largest absolute Gasteiger partial charge is 0.399 e. The fraction of sp³-hybridized carbons (Fsp3) is 0.350. The average Bonchev–Trinajstić information content (AvgIpc) is 2.58. The molecule has 1 aliphatic rings. The molecule has 5 heteroatoms. The SMILES string of the molecule is Cc1ccccc1C1CN(C(=O)Cc2ccc(N)cc2)C(C)CO1.Cl. The van der Waals surface area contributed by atoms with Gasteiger partial charge in [0.25, 0.3) is 0 Å². The van der Waals surface area contributed by atoms with Crippen LogP contribution in [0.3, 0.4) is 0 Å². The van der Waals surface area contributed by atoms with Crippen LogP contribution in [-0.2, 0) is 16.0 Å². The normalized spacial score (nSPS) is 20.0. The molecule has 2 atom stereocenters. The molecule has 2 N–H and O–H groups in total. The van der Waals surface area contributed by atoms with E-state index in [1.54, 1.807) is 0 Å². The molecule has 2 aromatic rings. The van der Waals surface area contributed by atoms with Crippen LogP contribution in [0.4, 0.5) is 5.69 Å². The summed E-state index contributed by atoms with van der Waals surface area (Å²) in [7, 11) is 0. The fourth-order valence-electron chi connectivity index (χ4n) is 3.15.